The Kier molecular flexibility index (Phi) is 7.04. The number of rotatable bonds is 5. The number of hydrogen-bond acceptors (Lipinski definition) is 2. The summed E-state index contributed by atoms with van der Waals surface area (Å²) in [5, 5.41) is 9.11. The minimum atomic E-state index is -5.06. The highest BCUT2D eigenvalue weighted by Crippen LogP contribution is 2.37. The largest absolute Gasteiger partial charge is 0.481 e. The van der Waals surface area contributed by atoms with E-state index in [1.807, 2.05) is 0 Å². The Bertz CT molecular complexity index is 971. The van der Waals surface area contributed by atoms with E-state index >= 15 is 0 Å². The monoisotopic (exact) mass is 473 g/mol. The third-order valence-electron chi connectivity index (χ3n) is 5.70. The molecule has 0 bridgehead atoms. The quantitative estimate of drug-likeness (QED) is 0.570. The normalized spacial score (nSPS) is 19.4. The van der Waals surface area contributed by atoms with Crippen molar-refractivity contribution in [2.75, 3.05) is 6.54 Å². The Morgan fingerprint density at radius 3 is 2.03 bits per heavy atom. The van der Waals surface area contributed by atoms with Crippen molar-refractivity contribution in [2.45, 2.75) is 44.1 Å². The Balaban J connectivity index is 1.96. The topological polar surface area (TPSA) is 57.6 Å². The molecule has 0 aromatic heterocycles. The molecule has 1 aliphatic rings. The first-order chi connectivity index (χ1) is 15.3. The molecule has 1 amide bonds. The third-order valence-corrected chi connectivity index (χ3v) is 5.70. The van der Waals surface area contributed by atoms with Gasteiger partial charge < -0.3 is 10.0 Å². The number of aliphatic carboxylic acids is 1. The van der Waals surface area contributed by atoms with E-state index in [1.165, 1.54) is 4.90 Å². The molecule has 1 fully saturated rings. The molecule has 1 aliphatic heterocycles. The van der Waals surface area contributed by atoms with Crippen LogP contribution >= 0.6 is 0 Å². The molecule has 0 saturated carbocycles. The fourth-order valence-corrected chi connectivity index (χ4v) is 4.16. The minimum absolute atomic E-state index is 0.0165. The van der Waals surface area contributed by atoms with Gasteiger partial charge in [-0.05, 0) is 48.9 Å². The van der Waals surface area contributed by atoms with Gasteiger partial charge in [0.15, 0.2) is 0 Å². The number of amides is 1. The standard InChI is InChI=1S/C23H21F6NO3/c24-22(25,26)17-11-16(12-18(13-17)23(27,28)29)21(33)30-7-6-15(10-20(31)32)9-19(30)8-14-4-2-1-3-5-14/h1-5,11-13,15,19H,6-10H2,(H,31,32). The van der Waals surface area contributed by atoms with Crippen LogP contribution in [0.5, 0.6) is 0 Å². The van der Waals surface area contributed by atoms with Crippen LogP contribution in [0.4, 0.5) is 26.3 Å². The molecule has 2 aromatic rings. The van der Waals surface area contributed by atoms with Crippen LogP contribution < -0.4 is 0 Å². The van der Waals surface area contributed by atoms with Crippen molar-refractivity contribution in [3.8, 4) is 0 Å². The summed E-state index contributed by atoms with van der Waals surface area (Å²) in [6.45, 7) is 0.0336. The predicted molar refractivity (Wildman–Crippen MR) is 106 cm³/mol. The first-order valence-electron chi connectivity index (χ1n) is 10.2. The Labute approximate surface area is 185 Å². The van der Waals surface area contributed by atoms with Gasteiger partial charge in [-0.1, -0.05) is 30.3 Å². The van der Waals surface area contributed by atoms with E-state index in [0.717, 1.165) is 5.56 Å². The lowest BCUT2D eigenvalue weighted by Crippen LogP contribution is -2.47. The lowest BCUT2D eigenvalue weighted by Gasteiger charge is -2.39. The molecule has 2 atom stereocenters. The van der Waals surface area contributed by atoms with Crippen LogP contribution in [0.2, 0.25) is 0 Å². The Hall–Kier alpha value is -3.04. The number of carbonyl (C=O) groups is 2. The van der Waals surface area contributed by atoms with Gasteiger partial charge in [0.1, 0.15) is 0 Å². The second-order valence-corrected chi connectivity index (χ2v) is 8.12. The van der Waals surface area contributed by atoms with Crippen molar-refractivity contribution >= 4 is 11.9 Å². The molecular formula is C23H21F6NO3. The van der Waals surface area contributed by atoms with Gasteiger partial charge in [-0.2, -0.15) is 26.3 Å². The number of piperidine rings is 1. The zero-order valence-corrected chi connectivity index (χ0v) is 17.3. The molecule has 1 heterocycles. The predicted octanol–water partition coefficient (Wildman–Crippen LogP) is 5.66. The zero-order valence-electron chi connectivity index (χ0n) is 17.3. The van der Waals surface area contributed by atoms with E-state index in [0.29, 0.717) is 18.6 Å². The highest BCUT2D eigenvalue weighted by atomic mass is 19.4. The lowest BCUT2D eigenvalue weighted by atomic mass is 9.85. The fraction of sp³-hybridized carbons (Fsp3) is 0.391. The smallest absolute Gasteiger partial charge is 0.416 e. The average Bonchev–Trinajstić information content (AvgIpc) is 2.72. The lowest BCUT2D eigenvalue weighted by molar-refractivity contribution is -0.143. The molecule has 0 aliphatic carbocycles. The number of carboxylic acids is 1. The van der Waals surface area contributed by atoms with Gasteiger partial charge in [-0.3, -0.25) is 9.59 Å². The maximum Gasteiger partial charge on any atom is 0.416 e. The number of nitrogens with zero attached hydrogens (tertiary/aromatic N) is 1. The van der Waals surface area contributed by atoms with Gasteiger partial charge in [0.25, 0.3) is 5.91 Å². The zero-order chi connectivity index (χ0) is 24.4. The molecule has 3 rings (SSSR count). The van der Waals surface area contributed by atoms with Crippen molar-refractivity contribution < 1.29 is 41.0 Å². The molecule has 1 saturated heterocycles. The van der Waals surface area contributed by atoms with Gasteiger partial charge in [-0.25, -0.2) is 0 Å². The first-order valence-corrected chi connectivity index (χ1v) is 10.2. The second-order valence-electron chi connectivity index (χ2n) is 8.12. The number of carboxylic acid groups (broad SMARTS) is 1. The number of hydrogen-bond donors (Lipinski definition) is 1. The van der Waals surface area contributed by atoms with Crippen LogP contribution in [0.3, 0.4) is 0 Å². The van der Waals surface area contributed by atoms with Crippen molar-refractivity contribution in [1.82, 2.24) is 4.90 Å². The van der Waals surface area contributed by atoms with Crippen LogP contribution in [0, 0.1) is 5.92 Å². The van der Waals surface area contributed by atoms with E-state index in [1.54, 1.807) is 30.3 Å². The number of halogens is 6. The van der Waals surface area contributed by atoms with Gasteiger partial charge >= 0.3 is 18.3 Å². The number of benzene rings is 2. The average molecular weight is 473 g/mol. The van der Waals surface area contributed by atoms with E-state index in [4.69, 9.17) is 5.11 Å². The van der Waals surface area contributed by atoms with Crippen LogP contribution in [-0.4, -0.2) is 34.5 Å². The molecule has 2 aromatic carbocycles. The van der Waals surface area contributed by atoms with Gasteiger partial charge in [0.2, 0.25) is 0 Å². The number of likely N-dealkylation sites (tertiary alicyclic amines) is 1. The van der Waals surface area contributed by atoms with Crippen LogP contribution in [0.25, 0.3) is 0 Å². The van der Waals surface area contributed by atoms with Crippen molar-refractivity contribution in [2.24, 2.45) is 5.92 Å². The van der Waals surface area contributed by atoms with Gasteiger partial charge in [0, 0.05) is 24.6 Å². The number of alkyl halides is 6. The third kappa shape index (κ3) is 6.27. The van der Waals surface area contributed by atoms with Crippen molar-refractivity contribution in [1.29, 1.82) is 0 Å². The number of carbonyl (C=O) groups excluding carboxylic acids is 1. The maximum atomic E-state index is 13.2. The summed E-state index contributed by atoms with van der Waals surface area (Å²) < 4.78 is 79.4. The van der Waals surface area contributed by atoms with Gasteiger partial charge in [0.05, 0.1) is 11.1 Å². The first kappa shape index (κ1) is 24.6. The molecule has 2 unspecified atom stereocenters. The maximum absolute atomic E-state index is 13.2. The van der Waals surface area contributed by atoms with Crippen molar-refractivity contribution in [3.63, 3.8) is 0 Å². The van der Waals surface area contributed by atoms with Gasteiger partial charge in [-0.15, -0.1) is 0 Å². The van der Waals surface area contributed by atoms with Crippen LogP contribution in [0.15, 0.2) is 48.5 Å². The fourth-order valence-electron chi connectivity index (χ4n) is 4.16. The molecular weight excluding hydrogens is 452 g/mol. The SMILES string of the molecule is O=C(O)CC1CCN(C(=O)c2cc(C(F)(F)F)cc(C(F)(F)F)c2)C(Cc2ccccc2)C1. The molecule has 1 N–H and O–H groups in total. The van der Waals surface area contributed by atoms with Crippen molar-refractivity contribution in [3.05, 3.63) is 70.8 Å². The summed E-state index contributed by atoms with van der Waals surface area (Å²) in [5.41, 5.74) is -3.00. The summed E-state index contributed by atoms with van der Waals surface area (Å²) in [6, 6.07) is 9.16. The van der Waals surface area contributed by atoms with E-state index < -0.39 is 47.0 Å². The summed E-state index contributed by atoms with van der Waals surface area (Å²) in [4.78, 5) is 25.6. The molecule has 4 nitrogen and oxygen atoms in total. The second kappa shape index (κ2) is 9.44. The summed E-state index contributed by atoms with van der Waals surface area (Å²) in [7, 11) is 0. The molecule has 0 spiro atoms. The van der Waals surface area contributed by atoms with Crippen LogP contribution in [-0.2, 0) is 23.6 Å². The molecule has 33 heavy (non-hydrogen) atoms. The molecule has 0 radical (unpaired) electrons. The molecule has 178 valence electrons. The van der Waals surface area contributed by atoms with E-state index in [2.05, 4.69) is 0 Å². The molecule has 10 heteroatoms. The summed E-state index contributed by atoms with van der Waals surface area (Å²) in [6.07, 6.45) is -9.39. The minimum Gasteiger partial charge on any atom is -0.481 e. The van der Waals surface area contributed by atoms with Crippen LogP contribution in [0.1, 0.15) is 46.3 Å². The highest BCUT2D eigenvalue weighted by Gasteiger charge is 2.39. The Morgan fingerprint density at radius 2 is 1.52 bits per heavy atom. The Morgan fingerprint density at radius 1 is 0.939 bits per heavy atom. The summed E-state index contributed by atoms with van der Waals surface area (Å²) >= 11 is 0. The summed E-state index contributed by atoms with van der Waals surface area (Å²) in [5.74, 6) is -2.21. The van der Waals surface area contributed by atoms with E-state index in [9.17, 15) is 35.9 Å². The van der Waals surface area contributed by atoms with E-state index in [-0.39, 0.29) is 37.8 Å². The highest BCUT2D eigenvalue weighted by molar-refractivity contribution is 5.95.